The number of anilines is 1. The van der Waals surface area contributed by atoms with E-state index in [2.05, 4.69) is 76.9 Å². The fourth-order valence-electron chi connectivity index (χ4n) is 4.50. The number of allylic oxidation sites excluding steroid dienone is 4. The zero-order chi connectivity index (χ0) is 27.0. The van der Waals surface area contributed by atoms with Crippen LogP contribution in [-0.2, 0) is 10.2 Å². The number of aromatic nitrogens is 5. The lowest BCUT2D eigenvalue weighted by molar-refractivity contribution is -0.130. The molecule has 1 saturated heterocycles. The van der Waals surface area contributed by atoms with Crippen LogP contribution in [0.2, 0.25) is 0 Å². The van der Waals surface area contributed by atoms with Gasteiger partial charge in [0.2, 0.25) is 5.91 Å². The Labute approximate surface area is 218 Å². The molecule has 0 bridgehead atoms. The molecule has 1 fully saturated rings. The van der Waals surface area contributed by atoms with E-state index < -0.39 is 5.54 Å². The number of hydrogen-bond donors (Lipinski definition) is 1. The van der Waals surface area contributed by atoms with Crippen molar-refractivity contribution in [3.63, 3.8) is 0 Å². The van der Waals surface area contributed by atoms with Crippen LogP contribution in [0.3, 0.4) is 0 Å². The first-order valence-electron chi connectivity index (χ1n) is 12.6. The lowest BCUT2D eigenvalue weighted by atomic mass is 9.85. The van der Waals surface area contributed by atoms with Crippen LogP contribution in [0.4, 0.5) is 5.82 Å². The van der Waals surface area contributed by atoms with Crippen molar-refractivity contribution < 1.29 is 9.59 Å². The molecule has 9 nitrogen and oxygen atoms in total. The molecule has 0 spiro atoms. The van der Waals surface area contributed by atoms with Crippen LogP contribution in [0.5, 0.6) is 0 Å². The van der Waals surface area contributed by atoms with Crippen LogP contribution in [0.1, 0.15) is 75.6 Å². The van der Waals surface area contributed by atoms with Crippen LogP contribution in [0, 0.1) is 0 Å². The lowest BCUT2D eigenvalue weighted by Crippen LogP contribution is -2.62. The lowest BCUT2D eigenvalue weighted by Gasteiger charge is -2.43. The van der Waals surface area contributed by atoms with Crippen molar-refractivity contribution in [1.29, 1.82) is 0 Å². The summed E-state index contributed by atoms with van der Waals surface area (Å²) < 4.78 is 1.75. The molecule has 0 radical (unpaired) electrons. The second kappa shape index (κ2) is 10.0. The Morgan fingerprint density at radius 3 is 2.57 bits per heavy atom. The maximum atomic E-state index is 12.2. The van der Waals surface area contributed by atoms with Crippen LogP contribution in [-0.4, -0.2) is 67.3 Å². The van der Waals surface area contributed by atoms with E-state index in [0.29, 0.717) is 12.2 Å². The number of rotatable bonds is 3. The summed E-state index contributed by atoms with van der Waals surface area (Å²) in [5.74, 6) is 1.16. The van der Waals surface area contributed by atoms with Gasteiger partial charge in [0.25, 0.3) is 0 Å². The molecular weight excluding hydrogens is 466 g/mol. The Bertz CT molecular complexity index is 1340. The Hall–Kier alpha value is -3.59. The molecule has 5 rings (SSSR count). The van der Waals surface area contributed by atoms with Crippen molar-refractivity contribution in [1.82, 2.24) is 29.5 Å². The topological polar surface area (TPSA) is 99.5 Å². The van der Waals surface area contributed by atoms with Gasteiger partial charge in [-0.05, 0) is 45.7 Å². The van der Waals surface area contributed by atoms with Gasteiger partial charge >= 0.3 is 0 Å². The van der Waals surface area contributed by atoms with E-state index in [9.17, 15) is 9.59 Å². The molecular formula is C28H37N7O2. The monoisotopic (exact) mass is 503 g/mol. The molecule has 3 aromatic rings. The Morgan fingerprint density at radius 2 is 1.97 bits per heavy atom. The molecule has 1 atom stereocenters. The summed E-state index contributed by atoms with van der Waals surface area (Å²) in [6, 6.07) is 2.14. The van der Waals surface area contributed by atoms with E-state index in [1.807, 2.05) is 20.9 Å². The van der Waals surface area contributed by atoms with E-state index >= 15 is 0 Å². The Morgan fingerprint density at radius 1 is 1.22 bits per heavy atom. The molecule has 0 aromatic carbocycles. The molecule has 3 aromatic heterocycles. The minimum atomic E-state index is -0.441. The van der Waals surface area contributed by atoms with E-state index in [4.69, 9.17) is 0 Å². The summed E-state index contributed by atoms with van der Waals surface area (Å²) in [5, 5.41) is 4.68. The molecule has 1 unspecified atom stereocenters. The second-order valence-corrected chi connectivity index (χ2v) is 11.3. The molecule has 196 valence electrons. The Kier molecular flexibility index (Phi) is 7.19. The number of aldehydes is 1. The number of imidazole rings is 2. The summed E-state index contributed by atoms with van der Waals surface area (Å²) in [5.41, 5.74) is 4.12. The Balaban J connectivity index is 0.000000186. The molecule has 9 heteroatoms. The minimum Gasteiger partial charge on any atom is -0.331 e. The third kappa shape index (κ3) is 5.41. The number of H-pyrrole nitrogens is 1. The molecule has 1 aliphatic heterocycles. The molecule has 1 aliphatic carbocycles. The number of aromatic amines is 1. The van der Waals surface area contributed by atoms with Crippen molar-refractivity contribution in [2.75, 3.05) is 25.0 Å². The third-order valence-electron chi connectivity index (χ3n) is 7.21. The predicted molar refractivity (Wildman–Crippen MR) is 145 cm³/mol. The standard InChI is InChI=1S/C18H21N3O.C10H16N4O/c1-12-5-7-13(8-6-12)16-9-15(18(2,3)4)17-19-14(11-22)10-21(17)20-16;1-10(2)9(15)14(5-4-13(10)3)8-6-11-7-12-8/h5-7,9-11,13H,8H2,1-4H3;6-7H,4-5H2,1-3H3,(H,11,12). The summed E-state index contributed by atoms with van der Waals surface area (Å²) in [7, 11) is 1.97. The average molecular weight is 504 g/mol. The van der Waals surface area contributed by atoms with E-state index in [0.717, 1.165) is 42.0 Å². The van der Waals surface area contributed by atoms with Gasteiger partial charge in [-0.25, -0.2) is 14.5 Å². The molecule has 4 heterocycles. The van der Waals surface area contributed by atoms with Gasteiger partial charge in [0.15, 0.2) is 11.9 Å². The molecule has 0 saturated carbocycles. The third-order valence-corrected chi connectivity index (χ3v) is 7.21. The summed E-state index contributed by atoms with van der Waals surface area (Å²) in [6.45, 7) is 14.0. The number of piperazine rings is 1. The zero-order valence-electron chi connectivity index (χ0n) is 22.8. The van der Waals surface area contributed by atoms with Gasteiger partial charge in [-0.2, -0.15) is 5.10 Å². The van der Waals surface area contributed by atoms with Crippen LogP contribution in [0.15, 0.2) is 48.6 Å². The average Bonchev–Trinajstić information content (AvgIpc) is 3.52. The first-order valence-corrected chi connectivity index (χ1v) is 12.6. The first-order chi connectivity index (χ1) is 17.4. The number of likely N-dealkylation sites (N-methyl/N-ethyl adjacent to an activating group) is 1. The normalized spacial score (nSPS) is 20.0. The highest BCUT2D eigenvalue weighted by molar-refractivity contribution is 5.99. The minimum absolute atomic E-state index is 0.0609. The number of fused-ring (bicyclic) bond motifs is 1. The summed E-state index contributed by atoms with van der Waals surface area (Å²) in [6.07, 6.45) is 13.3. The SMILES string of the molecule is CC1=CCC(c2cc(C(C)(C)C)c3nc(C=O)cn3n2)C=C1.CN1CCN(c2cnc[nH]2)C(=O)C1(C)C. The fraction of sp³-hybridized carbons (Fsp3) is 0.464. The highest BCUT2D eigenvalue weighted by atomic mass is 16.2. The van der Waals surface area contributed by atoms with E-state index in [-0.39, 0.29) is 17.2 Å². The van der Waals surface area contributed by atoms with Crippen molar-refractivity contribution in [3.8, 4) is 0 Å². The van der Waals surface area contributed by atoms with Crippen molar-refractivity contribution in [2.45, 2.75) is 64.8 Å². The molecule has 2 aliphatic rings. The van der Waals surface area contributed by atoms with Crippen LogP contribution < -0.4 is 4.90 Å². The summed E-state index contributed by atoms with van der Waals surface area (Å²) >= 11 is 0. The highest BCUT2D eigenvalue weighted by Gasteiger charge is 2.40. The van der Waals surface area contributed by atoms with Crippen LogP contribution >= 0.6 is 0 Å². The van der Waals surface area contributed by atoms with Crippen molar-refractivity contribution in [2.24, 2.45) is 0 Å². The van der Waals surface area contributed by atoms with Gasteiger partial charge in [0, 0.05) is 24.6 Å². The number of amides is 1. The molecule has 37 heavy (non-hydrogen) atoms. The van der Waals surface area contributed by atoms with E-state index in [1.54, 1.807) is 28.1 Å². The van der Waals surface area contributed by atoms with Gasteiger partial charge in [0.05, 0.1) is 30.0 Å². The maximum Gasteiger partial charge on any atom is 0.248 e. The fourth-order valence-corrected chi connectivity index (χ4v) is 4.50. The number of nitrogens with one attached hydrogen (secondary N) is 1. The molecule has 1 N–H and O–H groups in total. The van der Waals surface area contributed by atoms with Gasteiger partial charge in [-0.15, -0.1) is 0 Å². The largest absolute Gasteiger partial charge is 0.331 e. The van der Waals surface area contributed by atoms with Gasteiger partial charge in [-0.3, -0.25) is 19.4 Å². The first kappa shape index (κ1) is 26.5. The number of carbonyl (C=O) groups is 2. The van der Waals surface area contributed by atoms with E-state index in [1.165, 1.54) is 5.57 Å². The smallest absolute Gasteiger partial charge is 0.248 e. The highest BCUT2D eigenvalue weighted by Crippen LogP contribution is 2.31. The second-order valence-electron chi connectivity index (χ2n) is 11.3. The maximum absolute atomic E-state index is 12.2. The van der Waals surface area contributed by atoms with Gasteiger partial charge in [-0.1, -0.05) is 44.6 Å². The quantitative estimate of drug-likeness (QED) is 0.535. The predicted octanol–water partition coefficient (Wildman–Crippen LogP) is 4.30. The number of nitrogens with zero attached hydrogens (tertiary/aromatic N) is 6. The molecule has 1 amide bonds. The summed E-state index contributed by atoms with van der Waals surface area (Å²) in [4.78, 5) is 38.4. The number of hydrogen-bond acceptors (Lipinski definition) is 6. The van der Waals surface area contributed by atoms with Gasteiger partial charge < -0.3 is 4.98 Å². The van der Waals surface area contributed by atoms with Crippen molar-refractivity contribution in [3.05, 3.63) is 65.5 Å². The zero-order valence-corrected chi connectivity index (χ0v) is 22.8. The van der Waals surface area contributed by atoms with Gasteiger partial charge in [0.1, 0.15) is 11.5 Å². The van der Waals surface area contributed by atoms with Crippen LogP contribution in [0.25, 0.3) is 5.65 Å². The van der Waals surface area contributed by atoms with Crippen molar-refractivity contribution >= 4 is 23.7 Å². The number of carbonyl (C=O) groups excluding carboxylic acids is 2.